The molecule has 0 aliphatic carbocycles. The van der Waals surface area contributed by atoms with Crippen LogP contribution < -0.4 is 15.5 Å². The van der Waals surface area contributed by atoms with Crippen LogP contribution in [0.4, 0.5) is 15.8 Å². The van der Waals surface area contributed by atoms with Gasteiger partial charge in [0.2, 0.25) is 11.5 Å². The van der Waals surface area contributed by atoms with E-state index in [0.717, 1.165) is 22.6 Å². The summed E-state index contributed by atoms with van der Waals surface area (Å²) in [6.45, 7) is -0.489. The standard InChI is InChI=1S/C21H19ClFN3O5/c22-13-5-11(6-14(23)8-13)9-24-19(29)21(31)17(27)10-26(20(21)30)15-2-3-16-12(7-15)1-4-18(28)25-16/h2-3,5-8,17,27,31H,1,4,9-10H2,(H,24,29)(H,25,28). The maximum atomic E-state index is 13.5. The molecule has 4 rings (SSSR count). The number of aryl methyl sites for hydroxylation is 1. The van der Waals surface area contributed by atoms with Crippen molar-refractivity contribution in [2.24, 2.45) is 0 Å². The fraction of sp³-hybridized carbons (Fsp3) is 0.286. The molecule has 8 nitrogen and oxygen atoms in total. The van der Waals surface area contributed by atoms with E-state index < -0.39 is 29.3 Å². The number of nitrogens with one attached hydrogen (secondary N) is 2. The summed E-state index contributed by atoms with van der Waals surface area (Å²) in [4.78, 5) is 38.2. The molecule has 3 amide bonds. The molecule has 2 heterocycles. The number of benzene rings is 2. The molecule has 0 bridgehead atoms. The van der Waals surface area contributed by atoms with Crippen molar-refractivity contribution < 1.29 is 29.0 Å². The maximum Gasteiger partial charge on any atom is 0.271 e. The molecule has 2 aromatic rings. The second-order valence-electron chi connectivity index (χ2n) is 7.55. The van der Waals surface area contributed by atoms with Gasteiger partial charge >= 0.3 is 0 Å². The summed E-state index contributed by atoms with van der Waals surface area (Å²) in [6, 6.07) is 8.56. The lowest BCUT2D eigenvalue weighted by Crippen LogP contribution is -2.57. The van der Waals surface area contributed by atoms with Crippen LogP contribution in [-0.4, -0.2) is 46.2 Å². The van der Waals surface area contributed by atoms with Gasteiger partial charge < -0.3 is 25.7 Å². The molecule has 2 aliphatic rings. The predicted octanol–water partition coefficient (Wildman–Crippen LogP) is 1.12. The van der Waals surface area contributed by atoms with Gasteiger partial charge in [0, 0.05) is 29.4 Å². The van der Waals surface area contributed by atoms with Gasteiger partial charge in [-0.1, -0.05) is 11.6 Å². The Bertz CT molecular complexity index is 1070. The minimum Gasteiger partial charge on any atom is -0.387 e. The van der Waals surface area contributed by atoms with Crippen molar-refractivity contribution in [1.82, 2.24) is 5.32 Å². The molecule has 2 unspecified atom stereocenters. The molecular weight excluding hydrogens is 429 g/mol. The summed E-state index contributed by atoms with van der Waals surface area (Å²) in [5, 5.41) is 26.4. The van der Waals surface area contributed by atoms with Gasteiger partial charge in [-0.15, -0.1) is 0 Å². The van der Waals surface area contributed by atoms with Crippen molar-refractivity contribution in [1.29, 1.82) is 0 Å². The van der Waals surface area contributed by atoms with E-state index in [9.17, 15) is 29.0 Å². The third-order valence-electron chi connectivity index (χ3n) is 5.43. The Morgan fingerprint density at radius 3 is 2.77 bits per heavy atom. The molecule has 1 saturated heterocycles. The zero-order valence-corrected chi connectivity index (χ0v) is 16.9. The molecule has 2 atom stereocenters. The van der Waals surface area contributed by atoms with Crippen LogP contribution in [0.1, 0.15) is 17.5 Å². The topological polar surface area (TPSA) is 119 Å². The van der Waals surface area contributed by atoms with Crippen molar-refractivity contribution in [3.63, 3.8) is 0 Å². The van der Waals surface area contributed by atoms with Crippen molar-refractivity contribution in [3.8, 4) is 0 Å². The zero-order chi connectivity index (χ0) is 22.3. The molecule has 31 heavy (non-hydrogen) atoms. The predicted molar refractivity (Wildman–Crippen MR) is 110 cm³/mol. The number of aliphatic hydroxyl groups excluding tert-OH is 1. The van der Waals surface area contributed by atoms with Crippen molar-refractivity contribution in [2.45, 2.75) is 31.1 Å². The second-order valence-corrected chi connectivity index (χ2v) is 7.98. The monoisotopic (exact) mass is 447 g/mol. The molecule has 2 aromatic carbocycles. The van der Waals surface area contributed by atoms with Crippen LogP contribution in [0.25, 0.3) is 0 Å². The molecule has 0 spiro atoms. The molecule has 2 aliphatic heterocycles. The summed E-state index contributed by atoms with van der Waals surface area (Å²) in [6.07, 6.45) is -0.879. The second kappa shape index (κ2) is 7.92. The highest BCUT2D eigenvalue weighted by Crippen LogP contribution is 2.33. The number of β-amino-alcohol motifs (C(OH)–C–C–N with tert-alkyl or cyclic N) is 1. The Hall–Kier alpha value is -3.01. The van der Waals surface area contributed by atoms with Gasteiger partial charge in [-0.3, -0.25) is 14.4 Å². The highest BCUT2D eigenvalue weighted by molar-refractivity contribution is 6.30. The first-order chi connectivity index (χ1) is 14.7. The maximum absolute atomic E-state index is 13.5. The number of carbonyl (C=O) groups excluding carboxylic acids is 3. The van der Waals surface area contributed by atoms with Gasteiger partial charge in [0.25, 0.3) is 11.8 Å². The number of hydrogen-bond acceptors (Lipinski definition) is 5. The van der Waals surface area contributed by atoms with Crippen LogP contribution in [0.5, 0.6) is 0 Å². The number of aliphatic hydroxyl groups is 2. The Morgan fingerprint density at radius 1 is 1.26 bits per heavy atom. The number of rotatable bonds is 4. The van der Waals surface area contributed by atoms with Gasteiger partial charge in [0.15, 0.2) is 0 Å². The van der Waals surface area contributed by atoms with Gasteiger partial charge in [0.05, 0.1) is 6.54 Å². The largest absolute Gasteiger partial charge is 0.387 e. The number of anilines is 2. The van der Waals surface area contributed by atoms with Gasteiger partial charge in [-0.25, -0.2) is 4.39 Å². The van der Waals surface area contributed by atoms with Gasteiger partial charge in [0.1, 0.15) is 11.9 Å². The van der Waals surface area contributed by atoms with Crippen molar-refractivity contribution in [2.75, 3.05) is 16.8 Å². The molecule has 162 valence electrons. The van der Waals surface area contributed by atoms with Gasteiger partial charge in [-0.05, 0) is 53.9 Å². The smallest absolute Gasteiger partial charge is 0.271 e. The summed E-state index contributed by atoms with van der Waals surface area (Å²) >= 11 is 5.79. The van der Waals surface area contributed by atoms with E-state index in [1.807, 2.05) is 0 Å². The van der Waals surface area contributed by atoms with E-state index in [-0.39, 0.29) is 24.0 Å². The highest BCUT2D eigenvalue weighted by atomic mass is 35.5. The van der Waals surface area contributed by atoms with Crippen LogP contribution in [-0.2, 0) is 27.3 Å². The Morgan fingerprint density at radius 2 is 2.03 bits per heavy atom. The Balaban J connectivity index is 1.52. The Labute approximate surface area is 181 Å². The van der Waals surface area contributed by atoms with E-state index in [1.54, 1.807) is 18.2 Å². The lowest BCUT2D eigenvalue weighted by Gasteiger charge is -2.24. The molecule has 10 heteroatoms. The van der Waals surface area contributed by atoms with Crippen LogP contribution >= 0.6 is 11.6 Å². The number of nitrogens with zero attached hydrogens (tertiary/aromatic N) is 1. The first kappa shape index (κ1) is 21.2. The lowest BCUT2D eigenvalue weighted by molar-refractivity contribution is -0.157. The number of hydrogen-bond donors (Lipinski definition) is 4. The van der Waals surface area contributed by atoms with Crippen LogP contribution in [0.15, 0.2) is 36.4 Å². The number of carbonyl (C=O) groups is 3. The molecule has 0 aromatic heterocycles. The lowest BCUT2D eigenvalue weighted by atomic mass is 9.98. The highest BCUT2D eigenvalue weighted by Gasteiger charge is 2.58. The third-order valence-corrected chi connectivity index (χ3v) is 5.64. The summed E-state index contributed by atoms with van der Waals surface area (Å²) in [5.41, 5.74) is -0.535. The number of halogens is 2. The van der Waals surface area contributed by atoms with Crippen molar-refractivity contribution >= 4 is 40.7 Å². The van der Waals surface area contributed by atoms with E-state index in [0.29, 0.717) is 29.8 Å². The summed E-state index contributed by atoms with van der Waals surface area (Å²) < 4.78 is 13.5. The van der Waals surface area contributed by atoms with E-state index in [2.05, 4.69) is 10.6 Å². The normalized spacial score (nSPS) is 22.8. The minimum atomic E-state index is -2.69. The van der Waals surface area contributed by atoms with E-state index in [1.165, 1.54) is 6.07 Å². The van der Waals surface area contributed by atoms with E-state index >= 15 is 0 Å². The van der Waals surface area contributed by atoms with Crippen molar-refractivity contribution in [3.05, 3.63) is 58.4 Å². The minimum absolute atomic E-state index is 0.0986. The first-order valence-corrected chi connectivity index (χ1v) is 9.94. The fourth-order valence-electron chi connectivity index (χ4n) is 3.78. The molecule has 4 N–H and O–H groups in total. The third kappa shape index (κ3) is 3.87. The number of fused-ring (bicyclic) bond motifs is 1. The molecule has 0 radical (unpaired) electrons. The Kier molecular flexibility index (Phi) is 5.42. The average Bonchev–Trinajstić information content (AvgIpc) is 2.96. The quantitative estimate of drug-likeness (QED) is 0.524. The first-order valence-electron chi connectivity index (χ1n) is 9.57. The van der Waals surface area contributed by atoms with Crippen LogP contribution in [0, 0.1) is 5.82 Å². The summed E-state index contributed by atoms with van der Waals surface area (Å²) in [7, 11) is 0. The summed E-state index contributed by atoms with van der Waals surface area (Å²) in [5.74, 6) is -2.77. The SMILES string of the molecule is O=C1CCc2cc(N3CC(O)C(O)(C(=O)NCc4cc(F)cc(Cl)c4)C3=O)ccc2N1. The zero-order valence-electron chi connectivity index (χ0n) is 16.2. The van der Waals surface area contributed by atoms with Gasteiger partial charge in [-0.2, -0.15) is 0 Å². The van der Waals surface area contributed by atoms with Crippen LogP contribution in [0.2, 0.25) is 5.02 Å². The molecular formula is C21H19ClFN3O5. The molecule has 0 saturated carbocycles. The fourth-order valence-corrected chi connectivity index (χ4v) is 4.02. The number of amides is 3. The molecule has 1 fully saturated rings. The van der Waals surface area contributed by atoms with E-state index in [4.69, 9.17) is 11.6 Å². The average molecular weight is 448 g/mol. The van der Waals surface area contributed by atoms with Crippen LogP contribution in [0.3, 0.4) is 0 Å².